The van der Waals surface area contributed by atoms with Crippen molar-refractivity contribution in [2.45, 2.75) is 24.1 Å². The molecular weight excluding hydrogens is 212 g/mol. The summed E-state index contributed by atoms with van der Waals surface area (Å²) in [5, 5.41) is 0.717. The van der Waals surface area contributed by atoms with Crippen LogP contribution in [0.4, 0.5) is 0 Å². The molecule has 80 valence electrons. The van der Waals surface area contributed by atoms with Gasteiger partial charge in [-0.05, 0) is 12.3 Å². The molecule has 1 aromatic heterocycles. The number of thioether (sulfide) groups is 1. The molecule has 0 bridgehead atoms. The van der Waals surface area contributed by atoms with Crippen LogP contribution >= 0.6 is 11.8 Å². The van der Waals surface area contributed by atoms with E-state index in [1.807, 2.05) is 12.3 Å². The lowest BCUT2D eigenvalue weighted by Crippen LogP contribution is -2.20. The van der Waals surface area contributed by atoms with Gasteiger partial charge in [0.2, 0.25) is 0 Å². The van der Waals surface area contributed by atoms with Gasteiger partial charge in [0.25, 0.3) is 0 Å². The molecule has 1 aliphatic heterocycles. The highest BCUT2D eigenvalue weighted by molar-refractivity contribution is 7.98. The summed E-state index contributed by atoms with van der Waals surface area (Å²) < 4.78 is 5.51. The molecule has 2 rings (SSSR count). The molecule has 1 unspecified atom stereocenters. The second kappa shape index (κ2) is 4.72. The fraction of sp³-hybridized carbons (Fsp3) is 0.500. The van der Waals surface area contributed by atoms with Gasteiger partial charge in [0.1, 0.15) is 11.9 Å². The first-order chi connectivity index (χ1) is 7.29. The molecule has 1 aromatic rings. The van der Waals surface area contributed by atoms with E-state index in [2.05, 4.69) is 9.97 Å². The lowest BCUT2D eigenvalue weighted by atomic mass is 10.1. The Hall–Kier alpha value is -0.940. The number of aromatic nitrogens is 2. The van der Waals surface area contributed by atoms with E-state index in [1.165, 1.54) is 11.8 Å². The van der Waals surface area contributed by atoms with Crippen molar-refractivity contribution in [2.75, 3.05) is 12.9 Å². The normalized spacial score (nSPS) is 21.7. The second-order valence-electron chi connectivity index (χ2n) is 3.32. The van der Waals surface area contributed by atoms with Gasteiger partial charge in [-0.25, -0.2) is 9.97 Å². The number of rotatable bonds is 2. The van der Waals surface area contributed by atoms with E-state index in [1.54, 1.807) is 6.20 Å². The number of hydrogen-bond donors (Lipinski definition) is 0. The van der Waals surface area contributed by atoms with Crippen LogP contribution in [0.15, 0.2) is 17.4 Å². The standard InChI is InChI=1S/C10H12N2O2S/c1-15-10-11-4-2-8(12-10)9-6-7(13)3-5-14-9/h2,4,9H,3,5-6H2,1H3. The maximum Gasteiger partial charge on any atom is 0.187 e. The van der Waals surface area contributed by atoms with Crippen LogP contribution in [0.5, 0.6) is 0 Å². The number of carbonyl (C=O) groups excluding carboxylic acids is 1. The zero-order valence-electron chi connectivity index (χ0n) is 8.47. The number of ketones is 1. The number of Topliss-reactive ketones (excluding diaryl/α,β-unsaturated/α-hetero) is 1. The van der Waals surface area contributed by atoms with Crippen molar-refractivity contribution >= 4 is 17.5 Å². The van der Waals surface area contributed by atoms with Crippen LogP contribution in [0.1, 0.15) is 24.6 Å². The number of hydrogen-bond acceptors (Lipinski definition) is 5. The summed E-state index contributed by atoms with van der Waals surface area (Å²) in [5.41, 5.74) is 0.808. The van der Waals surface area contributed by atoms with E-state index in [0.717, 1.165) is 5.69 Å². The predicted molar refractivity (Wildman–Crippen MR) is 56.7 cm³/mol. The summed E-state index contributed by atoms with van der Waals surface area (Å²) in [6.07, 6.45) is 4.41. The molecule has 1 saturated heterocycles. The van der Waals surface area contributed by atoms with Crippen molar-refractivity contribution in [1.29, 1.82) is 0 Å². The van der Waals surface area contributed by atoms with Crippen LogP contribution in [0.3, 0.4) is 0 Å². The fourth-order valence-electron chi connectivity index (χ4n) is 1.50. The minimum Gasteiger partial charge on any atom is -0.371 e. The fourth-order valence-corrected chi connectivity index (χ4v) is 1.87. The average molecular weight is 224 g/mol. The van der Waals surface area contributed by atoms with Gasteiger partial charge >= 0.3 is 0 Å². The van der Waals surface area contributed by atoms with E-state index in [0.29, 0.717) is 24.6 Å². The van der Waals surface area contributed by atoms with Gasteiger partial charge in [0.05, 0.1) is 12.3 Å². The van der Waals surface area contributed by atoms with Crippen molar-refractivity contribution in [1.82, 2.24) is 9.97 Å². The van der Waals surface area contributed by atoms with Crippen LogP contribution in [0.25, 0.3) is 0 Å². The zero-order valence-corrected chi connectivity index (χ0v) is 9.29. The van der Waals surface area contributed by atoms with Crippen molar-refractivity contribution in [3.8, 4) is 0 Å². The first-order valence-electron chi connectivity index (χ1n) is 4.80. The average Bonchev–Trinajstić information content (AvgIpc) is 2.29. The van der Waals surface area contributed by atoms with Gasteiger partial charge in [-0.3, -0.25) is 4.79 Å². The molecule has 2 heterocycles. The first-order valence-corrected chi connectivity index (χ1v) is 6.02. The smallest absolute Gasteiger partial charge is 0.187 e. The molecule has 0 aromatic carbocycles. The number of nitrogens with zero attached hydrogens (tertiary/aromatic N) is 2. The molecular formula is C10H12N2O2S. The van der Waals surface area contributed by atoms with Crippen LogP contribution < -0.4 is 0 Å². The second-order valence-corrected chi connectivity index (χ2v) is 4.09. The molecule has 0 spiro atoms. The lowest BCUT2D eigenvalue weighted by molar-refractivity contribution is -0.128. The van der Waals surface area contributed by atoms with E-state index in [9.17, 15) is 4.79 Å². The van der Waals surface area contributed by atoms with Crippen molar-refractivity contribution in [3.05, 3.63) is 18.0 Å². The van der Waals surface area contributed by atoms with Crippen molar-refractivity contribution in [2.24, 2.45) is 0 Å². The molecule has 0 aliphatic carbocycles. The molecule has 5 heteroatoms. The highest BCUT2D eigenvalue weighted by Crippen LogP contribution is 2.25. The van der Waals surface area contributed by atoms with Crippen LogP contribution in [-0.2, 0) is 9.53 Å². The number of carbonyl (C=O) groups is 1. The summed E-state index contributed by atoms with van der Waals surface area (Å²) in [5.74, 6) is 0.246. The third kappa shape index (κ3) is 2.54. The minimum absolute atomic E-state index is 0.180. The zero-order chi connectivity index (χ0) is 10.7. The predicted octanol–water partition coefficient (Wildman–Crippen LogP) is 1.62. The minimum atomic E-state index is -0.180. The highest BCUT2D eigenvalue weighted by atomic mass is 32.2. The van der Waals surface area contributed by atoms with E-state index < -0.39 is 0 Å². The van der Waals surface area contributed by atoms with Gasteiger partial charge in [-0.15, -0.1) is 0 Å². The lowest BCUT2D eigenvalue weighted by Gasteiger charge is -2.21. The SMILES string of the molecule is CSc1nccc(C2CC(=O)CCO2)n1. The highest BCUT2D eigenvalue weighted by Gasteiger charge is 2.22. The molecule has 0 amide bonds. The molecule has 0 saturated carbocycles. The number of ether oxygens (including phenoxy) is 1. The Morgan fingerprint density at radius 3 is 3.20 bits per heavy atom. The van der Waals surface area contributed by atoms with Crippen LogP contribution in [-0.4, -0.2) is 28.6 Å². The summed E-state index contributed by atoms with van der Waals surface area (Å²) in [4.78, 5) is 19.7. The Morgan fingerprint density at radius 1 is 1.60 bits per heavy atom. The molecule has 0 radical (unpaired) electrons. The van der Waals surface area contributed by atoms with Gasteiger partial charge in [0.15, 0.2) is 5.16 Å². The van der Waals surface area contributed by atoms with Gasteiger partial charge < -0.3 is 4.74 Å². The third-order valence-corrected chi connectivity index (χ3v) is 2.84. The maximum absolute atomic E-state index is 11.3. The van der Waals surface area contributed by atoms with Gasteiger partial charge in [-0.1, -0.05) is 11.8 Å². The Morgan fingerprint density at radius 2 is 2.47 bits per heavy atom. The van der Waals surface area contributed by atoms with Crippen LogP contribution in [0.2, 0.25) is 0 Å². The monoisotopic (exact) mass is 224 g/mol. The topological polar surface area (TPSA) is 52.1 Å². The molecule has 1 aliphatic rings. The van der Waals surface area contributed by atoms with E-state index >= 15 is 0 Å². The quantitative estimate of drug-likeness (QED) is 0.564. The Bertz CT molecular complexity index is 370. The molecule has 15 heavy (non-hydrogen) atoms. The molecule has 1 fully saturated rings. The third-order valence-electron chi connectivity index (χ3n) is 2.28. The first kappa shape index (κ1) is 10.6. The van der Waals surface area contributed by atoms with Crippen molar-refractivity contribution in [3.63, 3.8) is 0 Å². The van der Waals surface area contributed by atoms with E-state index in [4.69, 9.17) is 4.74 Å². The van der Waals surface area contributed by atoms with Gasteiger partial charge in [-0.2, -0.15) is 0 Å². The molecule has 0 N–H and O–H groups in total. The van der Waals surface area contributed by atoms with E-state index in [-0.39, 0.29) is 11.9 Å². The van der Waals surface area contributed by atoms with Crippen molar-refractivity contribution < 1.29 is 9.53 Å². The van der Waals surface area contributed by atoms with Gasteiger partial charge in [0, 0.05) is 19.0 Å². The molecule has 1 atom stereocenters. The van der Waals surface area contributed by atoms with Crippen LogP contribution in [0, 0.1) is 0 Å². The summed E-state index contributed by atoms with van der Waals surface area (Å²) >= 11 is 1.49. The Labute approximate surface area is 92.5 Å². The maximum atomic E-state index is 11.3. The Kier molecular flexibility index (Phi) is 3.33. The molecule has 4 nitrogen and oxygen atoms in total. The largest absolute Gasteiger partial charge is 0.371 e. The summed E-state index contributed by atoms with van der Waals surface area (Å²) in [6, 6.07) is 1.81. The Balaban J connectivity index is 2.17. The summed E-state index contributed by atoms with van der Waals surface area (Å²) in [7, 11) is 0. The summed E-state index contributed by atoms with van der Waals surface area (Å²) in [6.45, 7) is 0.502.